The number of carbonyl (C=O) groups is 1. The minimum absolute atomic E-state index is 0.0313. The summed E-state index contributed by atoms with van der Waals surface area (Å²) in [6.45, 7) is 8.26. The van der Waals surface area contributed by atoms with Crippen LogP contribution in [0.3, 0.4) is 0 Å². The molecule has 1 saturated heterocycles. The van der Waals surface area contributed by atoms with Crippen molar-refractivity contribution in [1.29, 1.82) is 0 Å². The Morgan fingerprint density at radius 2 is 1.70 bits per heavy atom. The van der Waals surface area contributed by atoms with Crippen molar-refractivity contribution in [3.05, 3.63) is 59.9 Å². The van der Waals surface area contributed by atoms with E-state index in [-0.39, 0.29) is 11.7 Å². The topological polar surface area (TPSA) is 35.6 Å². The number of hydrogen-bond acceptors (Lipinski definition) is 3. The molecule has 1 N–H and O–H groups in total. The summed E-state index contributed by atoms with van der Waals surface area (Å²) in [7, 11) is 0. The maximum absolute atomic E-state index is 13.9. The third-order valence-electron chi connectivity index (χ3n) is 5.08. The molecule has 27 heavy (non-hydrogen) atoms. The van der Waals surface area contributed by atoms with E-state index >= 15 is 0 Å². The van der Waals surface area contributed by atoms with E-state index in [1.165, 1.54) is 11.6 Å². The van der Waals surface area contributed by atoms with E-state index in [1.807, 2.05) is 24.3 Å². The van der Waals surface area contributed by atoms with E-state index in [0.29, 0.717) is 18.0 Å². The minimum atomic E-state index is -0.172. The highest BCUT2D eigenvalue weighted by Crippen LogP contribution is 2.20. The lowest BCUT2D eigenvalue weighted by molar-refractivity contribution is -0.116. The Morgan fingerprint density at radius 1 is 1.04 bits per heavy atom. The molecule has 1 heterocycles. The summed E-state index contributed by atoms with van der Waals surface area (Å²) in [4.78, 5) is 16.5. The van der Waals surface area contributed by atoms with Crippen molar-refractivity contribution < 1.29 is 9.18 Å². The van der Waals surface area contributed by atoms with Crippen LogP contribution >= 0.6 is 0 Å². The Kier molecular flexibility index (Phi) is 6.45. The fraction of sp³-hybridized carbons (Fsp3) is 0.409. The molecule has 0 aromatic heterocycles. The standard InChI is InChI=1S/C22H28FN3O/c1-17(2)18-7-9-19(10-8-18)24-22(27)11-12-25-13-15-26(16-14-25)21-6-4-3-5-20(21)23/h3-10,17H,11-16H2,1-2H3,(H,24,27). The van der Waals surface area contributed by atoms with Crippen LogP contribution in [0.25, 0.3) is 0 Å². The van der Waals surface area contributed by atoms with E-state index in [4.69, 9.17) is 0 Å². The summed E-state index contributed by atoms with van der Waals surface area (Å²) in [5.74, 6) is 0.343. The van der Waals surface area contributed by atoms with Gasteiger partial charge in [0.15, 0.2) is 0 Å². The van der Waals surface area contributed by atoms with Gasteiger partial charge in [-0.25, -0.2) is 4.39 Å². The van der Waals surface area contributed by atoms with Gasteiger partial charge in [0.2, 0.25) is 5.91 Å². The van der Waals surface area contributed by atoms with E-state index in [2.05, 4.69) is 41.1 Å². The average Bonchev–Trinajstić information content (AvgIpc) is 2.68. The van der Waals surface area contributed by atoms with Gasteiger partial charge in [0, 0.05) is 44.8 Å². The van der Waals surface area contributed by atoms with E-state index in [9.17, 15) is 9.18 Å². The van der Waals surface area contributed by atoms with Gasteiger partial charge in [0.1, 0.15) is 5.82 Å². The number of halogens is 1. The zero-order valence-corrected chi connectivity index (χ0v) is 16.1. The lowest BCUT2D eigenvalue weighted by atomic mass is 10.0. The molecule has 5 heteroatoms. The van der Waals surface area contributed by atoms with Gasteiger partial charge in [-0.1, -0.05) is 38.1 Å². The molecule has 144 valence electrons. The number of piperazine rings is 1. The number of benzene rings is 2. The first-order valence-corrected chi connectivity index (χ1v) is 9.64. The molecule has 0 unspecified atom stereocenters. The van der Waals surface area contributed by atoms with Crippen LogP contribution in [0.2, 0.25) is 0 Å². The maximum atomic E-state index is 13.9. The highest BCUT2D eigenvalue weighted by atomic mass is 19.1. The molecule has 0 radical (unpaired) electrons. The van der Waals surface area contributed by atoms with Crippen LogP contribution in [0.4, 0.5) is 15.8 Å². The Morgan fingerprint density at radius 3 is 2.33 bits per heavy atom. The van der Waals surface area contributed by atoms with Crippen molar-refractivity contribution >= 4 is 17.3 Å². The van der Waals surface area contributed by atoms with Gasteiger partial charge in [-0.3, -0.25) is 9.69 Å². The normalized spacial score (nSPS) is 15.2. The Hall–Kier alpha value is -2.40. The molecule has 0 spiro atoms. The summed E-state index contributed by atoms with van der Waals surface area (Å²) in [5, 5.41) is 2.96. The summed E-state index contributed by atoms with van der Waals surface area (Å²) < 4.78 is 13.9. The van der Waals surface area contributed by atoms with E-state index < -0.39 is 0 Å². The van der Waals surface area contributed by atoms with Crippen molar-refractivity contribution in [3.8, 4) is 0 Å². The number of carbonyl (C=O) groups excluding carboxylic acids is 1. The van der Waals surface area contributed by atoms with Gasteiger partial charge in [0.25, 0.3) is 0 Å². The largest absolute Gasteiger partial charge is 0.367 e. The third-order valence-corrected chi connectivity index (χ3v) is 5.08. The molecule has 0 atom stereocenters. The van der Waals surface area contributed by atoms with Crippen molar-refractivity contribution in [3.63, 3.8) is 0 Å². The lowest BCUT2D eigenvalue weighted by Crippen LogP contribution is -2.47. The van der Waals surface area contributed by atoms with Gasteiger partial charge >= 0.3 is 0 Å². The second kappa shape index (κ2) is 9.00. The van der Waals surface area contributed by atoms with Crippen LogP contribution in [0, 0.1) is 5.82 Å². The van der Waals surface area contributed by atoms with Gasteiger partial charge in [-0.2, -0.15) is 0 Å². The molecule has 3 rings (SSSR count). The van der Waals surface area contributed by atoms with Crippen LogP contribution in [-0.2, 0) is 4.79 Å². The molecule has 1 aliphatic heterocycles. The number of para-hydroxylation sites is 1. The highest BCUT2D eigenvalue weighted by molar-refractivity contribution is 5.90. The second-order valence-corrected chi connectivity index (χ2v) is 7.35. The molecular formula is C22H28FN3O. The molecule has 4 nitrogen and oxygen atoms in total. The number of rotatable bonds is 6. The predicted octanol–water partition coefficient (Wildman–Crippen LogP) is 4.10. The van der Waals surface area contributed by atoms with Crippen LogP contribution in [0.15, 0.2) is 48.5 Å². The van der Waals surface area contributed by atoms with Gasteiger partial charge in [-0.05, 0) is 35.7 Å². The van der Waals surface area contributed by atoms with Gasteiger partial charge in [0.05, 0.1) is 5.69 Å². The molecule has 0 bridgehead atoms. The molecule has 2 aromatic rings. The Bertz CT molecular complexity index is 752. The van der Waals surface area contributed by atoms with Crippen molar-refractivity contribution in [1.82, 2.24) is 4.90 Å². The smallest absolute Gasteiger partial charge is 0.225 e. The number of nitrogens with zero attached hydrogens (tertiary/aromatic N) is 2. The monoisotopic (exact) mass is 369 g/mol. The van der Waals surface area contributed by atoms with Crippen LogP contribution in [-0.4, -0.2) is 43.5 Å². The first kappa shape index (κ1) is 19.4. The molecule has 0 aliphatic carbocycles. The molecule has 0 saturated carbocycles. The SMILES string of the molecule is CC(C)c1ccc(NC(=O)CCN2CCN(c3ccccc3F)CC2)cc1. The van der Waals surface area contributed by atoms with E-state index in [1.54, 1.807) is 6.07 Å². The number of hydrogen-bond donors (Lipinski definition) is 1. The first-order chi connectivity index (χ1) is 13.0. The quantitative estimate of drug-likeness (QED) is 0.833. The van der Waals surface area contributed by atoms with Gasteiger partial charge < -0.3 is 10.2 Å². The van der Waals surface area contributed by atoms with Crippen molar-refractivity contribution in [2.24, 2.45) is 0 Å². The Balaban J connectivity index is 1.42. The summed E-state index contributed by atoms with van der Waals surface area (Å²) in [6.07, 6.45) is 0.464. The predicted molar refractivity (Wildman–Crippen MR) is 109 cm³/mol. The van der Waals surface area contributed by atoms with Crippen LogP contribution in [0.5, 0.6) is 0 Å². The van der Waals surface area contributed by atoms with Gasteiger partial charge in [-0.15, -0.1) is 0 Å². The van der Waals surface area contributed by atoms with Crippen LogP contribution < -0.4 is 10.2 Å². The highest BCUT2D eigenvalue weighted by Gasteiger charge is 2.19. The molecule has 1 aliphatic rings. The number of anilines is 2. The first-order valence-electron chi connectivity index (χ1n) is 9.64. The van der Waals surface area contributed by atoms with Crippen molar-refractivity contribution in [2.45, 2.75) is 26.2 Å². The Labute approximate surface area is 161 Å². The summed E-state index contributed by atoms with van der Waals surface area (Å²) >= 11 is 0. The zero-order chi connectivity index (χ0) is 19.2. The average molecular weight is 369 g/mol. The molecular weight excluding hydrogens is 341 g/mol. The maximum Gasteiger partial charge on any atom is 0.225 e. The number of nitrogens with one attached hydrogen (secondary N) is 1. The lowest BCUT2D eigenvalue weighted by Gasteiger charge is -2.36. The minimum Gasteiger partial charge on any atom is -0.367 e. The molecule has 2 aromatic carbocycles. The van der Waals surface area contributed by atoms with Crippen molar-refractivity contribution in [2.75, 3.05) is 42.9 Å². The van der Waals surface area contributed by atoms with E-state index in [0.717, 1.165) is 38.4 Å². The fourth-order valence-corrected chi connectivity index (χ4v) is 3.36. The summed E-state index contributed by atoms with van der Waals surface area (Å²) in [6, 6.07) is 14.9. The molecule has 1 fully saturated rings. The number of amides is 1. The zero-order valence-electron chi connectivity index (χ0n) is 16.1. The second-order valence-electron chi connectivity index (χ2n) is 7.35. The fourth-order valence-electron chi connectivity index (χ4n) is 3.36. The van der Waals surface area contributed by atoms with Crippen LogP contribution in [0.1, 0.15) is 31.7 Å². The summed E-state index contributed by atoms with van der Waals surface area (Å²) in [5.41, 5.74) is 2.77. The third kappa shape index (κ3) is 5.30. The molecule has 1 amide bonds.